The number of halogens is 7. The number of rotatable bonds is 13. The molecule has 0 saturated carbocycles. The molecule has 606 valence electrons. The van der Waals surface area contributed by atoms with Crippen molar-refractivity contribution in [2.75, 3.05) is 126 Å². The molecule has 5 aromatic heterocycles. The van der Waals surface area contributed by atoms with E-state index in [1.54, 1.807) is 81.1 Å². The SMILES string of the molecule is CC(=O)N1CCC(N)CC1.CC(=O)N1CCC(Nc2cc(C(=O)O)cc(N(C)C)n2)CC1.CC(=O)N1CCC(Nc2cc(C(=O)OC(C)(C)C)cc(N(C)C)n2)CC1.CCC.CN(C)c1cc(C(=O)O)cc(Br)n1.CN(C)c1cc(C(=O)OC(C)(C)C)cc(Br)n1.O=C(O)C(F)(F)F.O=C(O)c1cc(Br)nc(Br)c1. The summed E-state index contributed by atoms with van der Waals surface area (Å²) in [5.41, 5.74) is 6.22. The highest BCUT2D eigenvalue weighted by Crippen LogP contribution is 2.26. The number of aromatic carboxylic acids is 3. The summed E-state index contributed by atoms with van der Waals surface area (Å²) >= 11 is 12.6. The number of carbonyl (C=O) groups is 9. The molecule has 0 unspecified atom stereocenters. The average Bonchev–Trinajstić information content (AvgIpc) is 0.836. The Bertz CT molecular complexity index is 3800. The molecule has 109 heavy (non-hydrogen) atoms. The van der Waals surface area contributed by atoms with Crippen molar-refractivity contribution in [1.82, 2.24) is 39.6 Å². The average molecular weight is 1800 g/mol. The lowest BCUT2D eigenvalue weighted by molar-refractivity contribution is -0.192. The molecule has 0 aromatic carbocycles. The fourth-order valence-electron chi connectivity index (χ4n) is 9.12. The highest BCUT2D eigenvalue weighted by atomic mass is 79.9. The maximum atomic E-state index is 12.5. The maximum Gasteiger partial charge on any atom is 0.490 e. The van der Waals surface area contributed by atoms with Gasteiger partial charge in [-0.25, -0.2) is 53.7 Å². The number of aromatic nitrogens is 5. The van der Waals surface area contributed by atoms with Crippen LogP contribution in [-0.2, 0) is 28.7 Å². The van der Waals surface area contributed by atoms with Gasteiger partial charge in [0.2, 0.25) is 17.7 Å². The first-order valence-electron chi connectivity index (χ1n) is 34.2. The predicted molar refractivity (Wildman–Crippen MR) is 427 cm³/mol. The first kappa shape index (κ1) is 98.5. The molecule has 0 spiro atoms. The minimum absolute atomic E-state index is 0.0966. The smallest absolute Gasteiger partial charge is 0.478 e. The Morgan fingerprint density at radius 3 is 0.936 bits per heavy atom. The molecule has 8 heterocycles. The zero-order valence-electron chi connectivity index (χ0n) is 65.1. The molecule has 8 rings (SSSR count). The van der Waals surface area contributed by atoms with Crippen molar-refractivity contribution in [1.29, 1.82) is 0 Å². The normalized spacial score (nSPS) is 13.6. The number of carbonyl (C=O) groups excluding carboxylic acids is 5. The first-order valence-corrected chi connectivity index (χ1v) is 37.4. The Balaban J connectivity index is 0.000000654. The molecule has 3 saturated heterocycles. The van der Waals surface area contributed by atoms with Gasteiger partial charge in [-0.1, -0.05) is 20.3 Å². The van der Waals surface area contributed by atoms with Crippen LogP contribution in [0.5, 0.6) is 0 Å². The van der Waals surface area contributed by atoms with Gasteiger partial charge in [0.05, 0.1) is 27.8 Å². The summed E-state index contributed by atoms with van der Waals surface area (Å²) in [4.78, 5) is 133. The van der Waals surface area contributed by atoms with Crippen LogP contribution in [0.1, 0.15) is 173 Å². The molecule has 0 atom stereocenters. The summed E-state index contributed by atoms with van der Waals surface area (Å²) in [6.07, 6.45) is 1.45. The van der Waals surface area contributed by atoms with Crippen molar-refractivity contribution in [2.24, 2.45) is 5.73 Å². The molecule has 3 fully saturated rings. The Morgan fingerprint density at radius 1 is 0.440 bits per heavy atom. The van der Waals surface area contributed by atoms with Gasteiger partial charge < -0.3 is 80.6 Å². The summed E-state index contributed by atoms with van der Waals surface area (Å²) in [6.45, 7) is 24.7. The number of nitrogens with zero attached hydrogens (tertiary/aromatic N) is 12. The van der Waals surface area contributed by atoms with E-state index >= 15 is 0 Å². The van der Waals surface area contributed by atoms with Gasteiger partial charge >= 0.3 is 42.0 Å². The van der Waals surface area contributed by atoms with Crippen molar-refractivity contribution < 1.29 is 86.2 Å². The molecule has 3 aliphatic heterocycles. The van der Waals surface area contributed by atoms with E-state index in [0.717, 1.165) is 64.7 Å². The van der Waals surface area contributed by atoms with Gasteiger partial charge in [0.1, 0.15) is 64.5 Å². The van der Waals surface area contributed by atoms with Crippen molar-refractivity contribution in [2.45, 2.75) is 157 Å². The van der Waals surface area contributed by atoms with E-state index in [-0.39, 0.29) is 58.4 Å². The van der Waals surface area contributed by atoms with E-state index in [4.69, 9.17) is 35.3 Å². The molecule has 30 nitrogen and oxygen atoms in total. The third-order valence-electron chi connectivity index (χ3n) is 14.6. The largest absolute Gasteiger partial charge is 0.490 e. The van der Waals surface area contributed by atoms with Crippen molar-refractivity contribution in [3.63, 3.8) is 0 Å². The third-order valence-corrected chi connectivity index (χ3v) is 16.2. The molecule has 0 radical (unpaired) electrons. The second-order valence-electron chi connectivity index (χ2n) is 27.5. The maximum absolute atomic E-state index is 12.5. The predicted octanol–water partition coefficient (Wildman–Crippen LogP) is 12.6. The van der Waals surface area contributed by atoms with Crippen molar-refractivity contribution in [3.05, 3.63) is 107 Å². The zero-order valence-corrected chi connectivity index (χ0v) is 71.4. The Morgan fingerprint density at radius 2 is 0.670 bits per heavy atom. The molecule has 37 heteroatoms. The number of amides is 3. The van der Waals surface area contributed by atoms with Gasteiger partial charge in [-0.05, 0) is 204 Å². The number of pyridine rings is 5. The van der Waals surface area contributed by atoms with E-state index in [2.05, 4.69) is 113 Å². The summed E-state index contributed by atoms with van der Waals surface area (Å²) in [7, 11) is 14.8. The number of piperidine rings is 3. The number of ether oxygens (including phenoxy) is 2. The van der Waals surface area contributed by atoms with E-state index in [1.165, 1.54) is 30.7 Å². The van der Waals surface area contributed by atoms with Crippen LogP contribution in [0, 0.1) is 0 Å². The lowest BCUT2D eigenvalue weighted by Gasteiger charge is -2.32. The Hall–Kier alpha value is -8.55. The van der Waals surface area contributed by atoms with Crippen LogP contribution in [0.2, 0.25) is 0 Å². The molecule has 5 aromatic rings. The monoisotopic (exact) mass is 1790 g/mol. The molecular formula is C72H104Br4F3N15O15. The van der Waals surface area contributed by atoms with Gasteiger partial charge in [-0.3, -0.25) is 14.4 Å². The molecule has 3 aliphatic rings. The van der Waals surface area contributed by atoms with Crippen LogP contribution in [-0.4, -0.2) is 245 Å². The van der Waals surface area contributed by atoms with E-state index in [0.29, 0.717) is 83.6 Å². The number of carboxylic acids is 4. The van der Waals surface area contributed by atoms with E-state index < -0.39 is 41.3 Å². The van der Waals surface area contributed by atoms with E-state index in [9.17, 15) is 56.6 Å². The van der Waals surface area contributed by atoms with Crippen LogP contribution in [0.4, 0.5) is 48.1 Å². The summed E-state index contributed by atoms with van der Waals surface area (Å²) in [5, 5.41) is 40.3. The first-order chi connectivity index (χ1) is 50.2. The molecule has 8 N–H and O–H groups in total. The lowest BCUT2D eigenvalue weighted by Crippen LogP contribution is -2.41. The highest BCUT2D eigenvalue weighted by Gasteiger charge is 2.38. The number of esters is 2. The van der Waals surface area contributed by atoms with Crippen LogP contribution in [0.15, 0.2) is 79.1 Å². The third kappa shape index (κ3) is 40.1. The van der Waals surface area contributed by atoms with Crippen molar-refractivity contribution >= 4 is 152 Å². The number of nitrogens with one attached hydrogen (secondary N) is 2. The number of hydrogen-bond acceptors (Lipinski definition) is 23. The van der Waals surface area contributed by atoms with Crippen LogP contribution in [0.3, 0.4) is 0 Å². The second-order valence-corrected chi connectivity index (χ2v) is 30.7. The number of aliphatic carboxylic acids is 1. The second kappa shape index (κ2) is 46.8. The molecular weight excluding hydrogens is 1690 g/mol. The standard InChI is InChI=1S/C19H30N4O3.C15H22N4O3.C12H17BrN2O2.C8H9BrN2O2.C7H14N2O.C6H3Br2NO2.C3H8.C2HF3O2/c1-13(24)23-9-7-15(8-10-23)20-16-11-14(12-17(21-16)22(5)6)18(25)26-19(2,3)4;1-10(20)19-6-4-12(5-7-19)16-13-8-11(15(21)22)9-14(17-13)18(2)3;1-12(2,3)17-11(16)8-6-9(13)14-10(7-8)15(4)5;1-11(2)7-4-5(8(12)13)3-6(9)10-7;1-6(10)9-4-2-7(8)3-5-9;7-4-1-3(6(10)11)2-5(8)9-4;1-3-2;3-2(4,5)1(6)7/h11-12,15H,7-10H2,1-6H3,(H,20,21);8-9,12H,4-7H2,1-3H3,(H,16,17)(H,21,22);6-7H,1-5H3;3-4H,1-2H3,(H,12,13);7H,2-5,8H2,1H3;1-2H,(H,10,11);3H2,1-2H3;(H,6,7). The van der Waals surface area contributed by atoms with Gasteiger partial charge in [-0.2, -0.15) is 13.2 Å². The van der Waals surface area contributed by atoms with Crippen LogP contribution in [0.25, 0.3) is 0 Å². The highest BCUT2D eigenvalue weighted by molar-refractivity contribution is 9.11. The summed E-state index contributed by atoms with van der Waals surface area (Å²) in [5.74, 6) is -2.14. The minimum atomic E-state index is -5.08. The lowest BCUT2D eigenvalue weighted by atomic mass is 10.0. The van der Waals surface area contributed by atoms with Crippen LogP contribution >= 0.6 is 63.7 Å². The fraction of sp³-hybridized carbons (Fsp3) is 0.528. The summed E-state index contributed by atoms with van der Waals surface area (Å²) in [6, 6.07) is 16.5. The number of carboxylic acid groups (broad SMARTS) is 4. The minimum Gasteiger partial charge on any atom is -0.478 e. The van der Waals surface area contributed by atoms with E-state index in [1.807, 2.05) is 108 Å². The van der Waals surface area contributed by atoms with Crippen molar-refractivity contribution in [3.8, 4) is 0 Å². The Kier molecular flexibility index (Phi) is 42.3. The quantitative estimate of drug-likeness (QED) is 0.0425. The zero-order chi connectivity index (χ0) is 83.8. The summed E-state index contributed by atoms with van der Waals surface area (Å²) < 4.78 is 44.7. The molecule has 0 bridgehead atoms. The van der Waals surface area contributed by atoms with Gasteiger partial charge in [-0.15, -0.1) is 0 Å². The topological polar surface area (TPSA) is 390 Å². The Labute approximate surface area is 669 Å². The van der Waals surface area contributed by atoms with Gasteiger partial charge in [0, 0.05) is 135 Å². The fourth-order valence-corrected chi connectivity index (χ4v) is 11.1. The van der Waals surface area contributed by atoms with Gasteiger partial charge in [0.15, 0.2) is 0 Å². The van der Waals surface area contributed by atoms with Gasteiger partial charge in [0.25, 0.3) is 0 Å². The van der Waals surface area contributed by atoms with Crippen LogP contribution < -0.4 is 36.0 Å². The molecule has 3 amide bonds. The number of nitrogens with two attached hydrogens (primary N) is 1. The molecule has 0 aliphatic carbocycles. The number of anilines is 6. The number of likely N-dealkylation sites (tertiary alicyclic amines) is 3. The number of hydrogen-bond donors (Lipinski definition) is 7. The number of alkyl halides is 3.